The van der Waals surface area contributed by atoms with Crippen molar-refractivity contribution in [2.24, 2.45) is 0 Å². The molecule has 0 saturated heterocycles. The van der Waals surface area contributed by atoms with Crippen LogP contribution in [-0.2, 0) is 0 Å². The first kappa shape index (κ1) is 14.8. The van der Waals surface area contributed by atoms with Crippen molar-refractivity contribution in [2.75, 3.05) is 11.9 Å². The van der Waals surface area contributed by atoms with Crippen LogP contribution in [-0.4, -0.2) is 17.8 Å². The maximum atomic E-state index is 9.31. The van der Waals surface area contributed by atoms with E-state index in [2.05, 4.69) is 28.2 Å². The molecule has 0 fully saturated rings. The number of unbranched alkanes of at least 4 members (excludes halogenated alkanes) is 2. The maximum absolute atomic E-state index is 9.31. The summed E-state index contributed by atoms with van der Waals surface area (Å²) in [7, 11) is 0. The van der Waals surface area contributed by atoms with Crippen molar-refractivity contribution in [3.8, 4) is 0 Å². The molecule has 2 N–H and O–H groups in total. The fourth-order valence-corrected chi connectivity index (χ4v) is 2.17. The van der Waals surface area contributed by atoms with Gasteiger partial charge in [0, 0.05) is 16.2 Å². The molecule has 17 heavy (non-hydrogen) atoms. The lowest BCUT2D eigenvalue weighted by molar-refractivity contribution is 0.266. The smallest absolute Gasteiger partial charge is 0.0632 e. The van der Waals surface area contributed by atoms with Crippen LogP contribution in [0.2, 0.25) is 5.02 Å². The van der Waals surface area contributed by atoms with Crippen LogP contribution in [0.5, 0.6) is 0 Å². The normalized spacial score (nSPS) is 12.5. The molecule has 0 spiro atoms. The number of halogens is 2. The topological polar surface area (TPSA) is 32.3 Å². The summed E-state index contributed by atoms with van der Waals surface area (Å²) in [5.41, 5.74) is 0.983. The fourth-order valence-electron chi connectivity index (χ4n) is 1.67. The molecule has 0 radical (unpaired) electrons. The second-order valence-corrected chi connectivity index (χ2v) is 5.41. The largest absolute Gasteiger partial charge is 0.394 e. The number of benzene rings is 1. The van der Waals surface area contributed by atoms with Crippen molar-refractivity contribution in [1.82, 2.24) is 0 Å². The van der Waals surface area contributed by atoms with Gasteiger partial charge in [-0.05, 0) is 40.5 Å². The van der Waals surface area contributed by atoms with E-state index in [1.165, 1.54) is 12.8 Å². The van der Waals surface area contributed by atoms with E-state index in [1.807, 2.05) is 18.2 Å². The number of aliphatic hydroxyl groups is 1. The van der Waals surface area contributed by atoms with Gasteiger partial charge in [-0.3, -0.25) is 0 Å². The Hall–Kier alpha value is -0.250. The van der Waals surface area contributed by atoms with E-state index in [1.54, 1.807) is 0 Å². The second-order valence-electron chi connectivity index (χ2n) is 4.15. The van der Waals surface area contributed by atoms with Gasteiger partial charge in [0.15, 0.2) is 0 Å². The van der Waals surface area contributed by atoms with E-state index >= 15 is 0 Å². The SMILES string of the molecule is CCCCCC(CO)Nc1ccc(Cl)c(Br)c1. The van der Waals surface area contributed by atoms with E-state index in [9.17, 15) is 5.11 Å². The Morgan fingerprint density at radius 1 is 1.41 bits per heavy atom. The van der Waals surface area contributed by atoms with E-state index in [4.69, 9.17) is 11.6 Å². The van der Waals surface area contributed by atoms with Gasteiger partial charge in [-0.15, -0.1) is 0 Å². The molecule has 96 valence electrons. The summed E-state index contributed by atoms with van der Waals surface area (Å²) >= 11 is 9.32. The summed E-state index contributed by atoms with van der Waals surface area (Å²) in [6, 6.07) is 5.82. The molecule has 0 aliphatic rings. The predicted octanol–water partition coefficient (Wildman–Crippen LogP) is 4.46. The zero-order valence-corrected chi connectivity index (χ0v) is 12.4. The Labute approximate surface area is 117 Å². The Morgan fingerprint density at radius 3 is 2.76 bits per heavy atom. The van der Waals surface area contributed by atoms with E-state index in [0.717, 1.165) is 23.0 Å². The number of aliphatic hydroxyl groups excluding tert-OH is 1. The molecule has 0 aliphatic heterocycles. The van der Waals surface area contributed by atoms with Crippen molar-refractivity contribution in [2.45, 2.75) is 38.6 Å². The summed E-state index contributed by atoms with van der Waals surface area (Å²) in [5.74, 6) is 0. The van der Waals surface area contributed by atoms with Crippen molar-refractivity contribution < 1.29 is 5.11 Å². The highest BCUT2D eigenvalue weighted by molar-refractivity contribution is 9.10. The average Bonchev–Trinajstić information content (AvgIpc) is 2.32. The summed E-state index contributed by atoms with van der Waals surface area (Å²) in [5, 5.41) is 13.3. The van der Waals surface area contributed by atoms with Crippen LogP contribution in [0.4, 0.5) is 5.69 Å². The van der Waals surface area contributed by atoms with Gasteiger partial charge < -0.3 is 10.4 Å². The average molecular weight is 321 g/mol. The minimum absolute atomic E-state index is 0.120. The van der Waals surface area contributed by atoms with Gasteiger partial charge in [0.1, 0.15) is 0 Å². The third-order valence-electron chi connectivity index (χ3n) is 2.67. The molecule has 1 unspecified atom stereocenters. The van der Waals surface area contributed by atoms with Gasteiger partial charge in [-0.25, -0.2) is 0 Å². The van der Waals surface area contributed by atoms with Crippen LogP contribution in [0.15, 0.2) is 22.7 Å². The third kappa shape index (κ3) is 5.28. The van der Waals surface area contributed by atoms with Crippen LogP contribution in [0, 0.1) is 0 Å². The number of hydrogen-bond donors (Lipinski definition) is 2. The predicted molar refractivity (Wildman–Crippen MR) is 77.8 cm³/mol. The molecule has 4 heteroatoms. The third-order valence-corrected chi connectivity index (χ3v) is 3.88. The molecule has 1 rings (SSSR count). The van der Waals surface area contributed by atoms with E-state index in [-0.39, 0.29) is 12.6 Å². The number of anilines is 1. The summed E-state index contributed by atoms with van der Waals surface area (Å²) in [4.78, 5) is 0. The molecule has 0 aliphatic carbocycles. The molecule has 0 aromatic heterocycles. The van der Waals surface area contributed by atoms with Crippen molar-refractivity contribution in [1.29, 1.82) is 0 Å². The number of nitrogens with one attached hydrogen (secondary N) is 1. The lowest BCUT2D eigenvalue weighted by Gasteiger charge is -2.17. The molecule has 1 aromatic rings. The van der Waals surface area contributed by atoms with Crippen LogP contribution in [0.25, 0.3) is 0 Å². The number of hydrogen-bond acceptors (Lipinski definition) is 2. The van der Waals surface area contributed by atoms with Crippen molar-refractivity contribution in [3.63, 3.8) is 0 Å². The fraction of sp³-hybridized carbons (Fsp3) is 0.538. The first-order valence-electron chi connectivity index (χ1n) is 5.99. The zero-order chi connectivity index (χ0) is 12.7. The van der Waals surface area contributed by atoms with Crippen LogP contribution in [0.1, 0.15) is 32.6 Å². The lowest BCUT2D eigenvalue weighted by Crippen LogP contribution is -2.23. The summed E-state index contributed by atoms with van der Waals surface area (Å²) < 4.78 is 0.870. The molecule has 0 heterocycles. The summed E-state index contributed by atoms with van der Waals surface area (Å²) in [6.07, 6.45) is 4.54. The van der Waals surface area contributed by atoms with Crippen molar-refractivity contribution in [3.05, 3.63) is 27.7 Å². The highest BCUT2D eigenvalue weighted by atomic mass is 79.9. The Balaban J connectivity index is 2.51. The lowest BCUT2D eigenvalue weighted by atomic mass is 10.1. The Bertz CT molecular complexity index is 346. The van der Waals surface area contributed by atoms with Gasteiger partial charge in [-0.1, -0.05) is 37.8 Å². The van der Waals surface area contributed by atoms with Crippen LogP contribution < -0.4 is 5.32 Å². The standard InChI is InChI=1S/C13H19BrClNO/c1-2-3-4-5-11(9-17)16-10-6-7-13(15)12(14)8-10/h6-8,11,16-17H,2-5,9H2,1H3. The monoisotopic (exact) mass is 319 g/mol. The van der Waals surface area contributed by atoms with Crippen LogP contribution >= 0.6 is 27.5 Å². The molecule has 1 atom stereocenters. The quantitative estimate of drug-likeness (QED) is 0.727. The first-order valence-corrected chi connectivity index (χ1v) is 7.17. The first-order chi connectivity index (χ1) is 8.17. The van der Waals surface area contributed by atoms with E-state index in [0.29, 0.717) is 5.02 Å². The highest BCUT2D eigenvalue weighted by Crippen LogP contribution is 2.26. The van der Waals surface area contributed by atoms with Gasteiger partial charge in [0.25, 0.3) is 0 Å². The van der Waals surface area contributed by atoms with E-state index < -0.39 is 0 Å². The molecular formula is C13H19BrClNO. The molecule has 1 aromatic carbocycles. The Morgan fingerprint density at radius 2 is 2.18 bits per heavy atom. The summed E-state index contributed by atoms with van der Waals surface area (Å²) in [6.45, 7) is 2.33. The van der Waals surface area contributed by atoms with Gasteiger partial charge >= 0.3 is 0 Å². The maximum Gasteiger partial charge on any atom is 0.0632 e. The molecule has 0 amide bonds. The zero-order valence-electron chi connectivity index (χ0n) is 10.0. The minimum Gasteiger partial charge on any atom is -0.394 e. The van der Waals surface area contributed by atoms with Crippen LogP contribution in [0.3, 0.4) is 0 Å². The van der Waals surface area contributed by atoms with Gasteiger partial charge in [0.05, 0.1) is 11.6 Å². The van der Waals surface area contributed by atoms with Crippen molar-refractivity contribution >= 4 is 33.2 Å². The number of rotatable bonds is 7. The second kappa shape index (κ2) is 7.96. The van der Waals surface area contributed by atoms with Gasteiger partial charge in [-0.2, -0.15) is 0 Å². The minimum atomic E-state index is 0.120. The molecule has 2 nitrogen and oxygen atoms in total. The highest BCUT2D eigenvalue weighted by Gasteiger charge is 2.07. The Kier molecular flexibility index (Phi) is 6.93. The molecular weight excluding hydrogens is 302 g/mol. The van der Waals surface area contributed by atoms with Gasteiger partial charge in [0.2, 0.25) is 0 Å². The molecule has 0 saturated carbocycles. The molecule has 0 bridgehead atoms.